The molecule has 1 aliphatic carbocycles. The van der Waals surface area contributed by atoms with Crippen LogP contribution < -0.4 is 5.32 Å². The van der Waals surface area contributed by atoms with E-state index in [0.717, 1.165) is 18.9 Å². The normalized spacial score (nSPS) is 22.4. The third kappa shape index (κ3) is 2.43. The maximum absolute atomic E-state index is 13.5. The minimum atomic E-state index is -1.42. The lowest BCUT2D eigenvalue weighted by atomic mass is 9.89. The van der Waals surface area contributed by atoms with Crippen molar-refractivity contribution in [1.82, 2.24) is 0 Å². The van der Waals surface area contributed by atoms with Gasteiger partial charge in [-0.15, -0.1) is 0 Å². The predicted octanol–water partition coefficient (Wildman–Crippen LogP) is 2.25. The molecule has 0 atom stereocenters. The number of hydrogen-bond acceptors (Lipinski definition) is 3. The summed E-state index contributed by atoms with van der Waals surface area (Å²) in [5.41, 5.74) is -0.533. The van der Waals surface area contributed by atoms with Gasteiger partial charge in [-0.25, -0.2) is 13.6 Å². The highest BCUT2D eigenvalue weighted by Crippen LogP contribution is 2.28. The van der Waals surface area contributed by atoms with Gasteiger partial charge in [0.1, 0.15) is 11.6 Å². The molecule has 6 heteroatoms. The average Bonchev–Trinajstić information content (AvgIpc) is 2.24. The van der Waals surface area contributed by atoms with Crippen LogP contribution in [0.15, 0.2) is 12.1 Å². The summed E-state index contributed by atoms with van der Waals surface area (Å²) in [4.78, 5) is 10.7. The van der Waals surface area contributed by atoms with Crippen molar-refractivity contribution in [2.75, 3.05) is 12.4 Å². The molecular formula is C12H13F2NO3. The average molecular weight is 257 g/mol. The van der Waals surface area contributed by atoms with E-state index in [0.29, 0.717) is 6.07 Å². The van der Waals surface area contributed by atoms with Gasteiger partial charge in [0.2, 0.25) is 0 Å². The maximum Gasteiger partial charge on any atom is 0.338 e. The molecule has 0 saturated heterocycles. The molecule has 18 heavy (non-hydrogen) atoms. The number of ether oxygens (including phenoxy) is 1. The second-order valence-corrected chi connectivity index (χ2v) is 4.29. The van der Waals surface area contributed by atoms with E-state index in [1.54, 1.807) is 7.11 Å². The van der Waals surface area contributed by atoms with Crippen molar-refractivity contribution in [3.8, 4) is 0 Å². The molecule has 1 aromatic rings. The molecule has 0 unspecified atom stereocenters. The van der Waals surface area contributed by atoms with E-state index >= 15 is 0 Å². The van der Waals surface area contributed by atoms with Crippen molar-refractivity contribution < 1.29 is 23.4 Å². The number of hydrogen-bond donors (Lipinski definition) is 2. The molecule has 0 heterocycles. The monoisotopic (exact) mass is 257 g/mol. The van der Waals surface area contributed by atoms with Crippen molar-refractivity contribution in [1.29, 1.82) is 0 Å². The smallest absolute Gasteiger partial charge is 0.338 e. The summed E-state index contributed by atoms with van der Waals surface area (Å²) in [6.45, 7) is 0. The van der Waals surface area contributed by atoms with Crippen molar-refractivity contribution in [2.45, 2.75) is 25.0 Å². The molecule has 1 fully saturated rings. The number of nitrogens with one attached hydrogen (secondary N) is 1. The van der Waals surface area contributed by atoms with Crippen LogP contribution in [-0.2, 0) is 4.74 Å². The molecule has 0 bridgehead atoms. The van der Waals surface area contributed by atoms with Crippen LogP contribution in [-0.4, -0.2) is 30.3 Å². The number of halogens is 2. The Kier molecular flexibility index (Phi) is 3.47. The minimum absolute atomic E-state index is 0.00773. The molecule has 0 aromatic heterocycles. The number of methoxy groups -OCH3 is 1. The summed E-state index contributed by atoms with van der Waals surface area (Å²) in [5.74, 6) is -3.29. The van der Waals surface area contributed by atoms with Crippen LogP contribution in [0.5, 0.6) is 0 Å². The summed E-state index contributed by atoms with van der Waals surface area (Å²) >= 11 is 0. The van der Waals surface area contributed by atoms with Crippen LogP contribution in [0.1, 0.15) is 23.2 Å². The molecule has 4 nitrogen and oxygen atoms in total. The summed E-state index contributed by atoms with van der Waals surface area (Å²) < 4.78 is 31.7. The first-order valence-electron chi connectivity index (χ1n) is 5.53. The van der Waals surface area contributed by atoms with E-state index in [2.05, 4.69) is 5.32 Å². The third-order valence-electron chi connectivity index (χ3n) is 3.07. The standard InChI is InChI=1S/C12H13F2NO3/c1-18-7-2-6(3-7)15-11-4-8(12(16)17)9(13)5-10(11)14/h4-7,15H,2-3H2,1H3,(H,16,17). The number of carboxylic acids is 1. The zero-order valence-electron chi connectivity index (χ0n) is 9.74. The Hall–Kier alpha value is -1.69. The zero-order chi connectivity index (χ0) is 13.3. The molecule has 0 radical (unpaired) electrons. The van der Waals surface area contributed by atoms with Crippen molar-refractivity contribution in [3.63, 3.8) is 0 Å². The van der Waals surface area contributed by atoms with Crippen molar-refractivity contribution in [3.05, 3.63) is 29.3 Å². The number of aromatic carboxylic acids is 1. The molecule has 2 N–H and O–H groups in total. The highest BCUT2D eigenvalue weighted by Gasteiger charge is 2.29. The highest BCUT2D eigenvalue weighted by atomic mass is 19.1. The Labute approximate surface area is 103 Å². The summed E-state index contributed by atoms with van der Waals surface area (Å²) in [5, 5.41) is 11.6. The van der Waals surface area contributed by atoms with E-state index in [1.165, 1.54) is 0 Å². The van der Waals surface area contributed by atoms with E-state index in [-0.39, 0.29) is 17.8 Å². The Morgan fingerprint density at radius 3 is 2.61 bits per heavy atom. The van der Waals surface area contributed by atoms with E-state index in [1.807, 2.05) is 0 Å². The van der Waals surface area contributed by atoms with Crippen LogP contribution in [0.4, 0.5) is 14.5 Å². The Balaban J connectivity index is 2.13. The van der Waals surface area contributed by atoms with Gasteiger partial charge in [0.05, 0.1) is 17.4 Å². The fourth-order valence-corrected chi connectivity index (χ4v) is 1.92. The van der Waals surface area contributed by atoms with E-state index < -0.39 is 23.2 Å². The lowest BCUT2D eigenvalue weighted by Crippen LogP contribution is -2.40. The van der Waals surface area contributed by atoms with Crippen LogP contribution in [0, 0.1) is 11.6 Å². The van der Waals surface area contributed by atoms with E-state index in [4.69, 9.17) is 9.84 Å². The first-order valence-corrected chi connectivity index (χ1v) is 5.53. The van der Waals surface area contributed by atoms with Gasteiger partial charge in [-0.2, -0.15) is 0 Å². The molecule has 1 aromatic carbocycles. The molecule has 2 rings (SSSR count). The molecule has 0 amide bonds. The molecule has 0 aliphatic heterocycles. The quantitative estimate of drug-likeness (QED) is 0.868. The SMILES string of the molecule is COC1CC(Nc2cc(C(=O)O)c(F)cc2F)C1. The first kappa shape index (κ1) is 12.8. The molecular weight excluding hydrogens is 244 g/mol. The van der Waals surface area contributed by atoms with Gasteiger partial charge in [0.15, 0.2) is 0 Å². The number of rotatable bonds is 4. The first-order chi connectivity index (χ1) is 8.51. The Morgan fingerprint density at radius 1 is 1.39 bits per heavy atom. The Morgan fingerprint density at radius 2 is 2.06 bits per heavy atom. The fourth-order valence-electron chi connectivity index (χ4n) is 1.92. The molecule has 98 valence electrons. The fraction of sp³-hybridized carbons (Fsp3) is 0.417. The summed E-state index contributed by atoms with van der Waals surface area (Å²) in [6.07, 6.45) is 1.58. The molecule has 1 saturated carbocycles. The van der Waals surface area contributed by atoms with Gasteiger partial charge >= 0.3 is 5.97 Å². The Bertz CT molecular complexity index is 473. The lowest BCUT2D eigenvalue weighted by molar-refractivity contribution is 0.0328. The van der Waals surface area contributed by atoms with Crippen LogP contribution in [0.2, 0.25) is 0 Å². The zero-order valence-corrected chi connectivity index (χ0v) is 9.74. The van der Waals surface area contributed by atoms with Crippen LogP contribution >= 0.6 is 0 Å². The van der Waals surface area contributed by atoms with Gasteiger partial charge in [-0.3, -0.25) is 0 Å². The second-order valence-electron chi connectivity index (χ2n) is 4.29. The van der Waals surface area contributed by atoms with Gasteiger partial charge < -0.3 is 15.2 Å². The number of anilines is 1. The minimum Gasteiger partial charge on any atom is -0.478 e. The van der Waals surface area contributed by atoms with Gasteiger partial charge in [0.25, 0.3) is 0 Å². The number of carbonyl (C=O) groups is 1. The lowest BCUT2D eigenvalue weighted by Gasteiger charge is -2.35. The number of benzene rings is 1. The van der Waals surface area contributed by atoms with Crippen LogP contribution in [0.25, 0.3) is 0 Å². The molecule has 0 spiro atoms. The third-order valence-corrected chi connectivity index (χ3v) is 3.07. The summed E-state index contributed by atoms with van der Waals surface area (Å²) in [7, 11) is 1.60. The largest absolute Gasteiger partial charge is 0.478 e. The van der Waals surface area contributed by atoms with Gasteiger partial charge in [-0.05, 0) is 18.9 Å². The topological polar surface area (TPSA) is 58.6 Å². The molecule has 1 aliphatic rings. The van der Waals surface area contributed by atoms with Crippen LogP contribution in [0.3, 0.4) is 0 Å². The summed E-state index contributed by atoms with van der Waals surface area (Å²) in [6, 6.07) is 1.59. The van der Waals surface area contributed by atoms with Gasteiger partial charge in [-0.1, -0.05) is 0 Å². The highest BCUT2D eigenvalue weighted by molar-refractivity contribution is 5.89. The number of carboxylic acid groups (broad SMARTS) is 1. The van der Waals surface area contributed by atoms with Crippen molar-refractivity contribution >= 4 is 11.7 Å². The maximum atomic E-state index is 13.5. The second kappa shape index (κ2) is 4.89. The van der Waals surface area contributed by atoms with E-state index in [9.17, 15) is 13.6 Å². The van der Waals surface area contributed by atoms with Gasteiger partial charge in [0, 0.05) is 19.2 Å². The predicted molar refractivity (Wildman–Crippen MR) is 60.8 cm³/mol. The van der Waals surface area contributed by atoms with Crippen molar-refractivity contribution in [2.24, 2.45) is 0 Å².